The predicted molar refractivity (Wildman–Crippen MR) is 67.0 cm³/mol. The molecule has 0 heterocycles. The minimum absolute atomic E-state index is 0.699. The second kappa shape index (κ2) is 9.81. The highest BCUT2D eigenvalue weighted by atomic mass is 32.2. The molecule has 0 spiro atoms. The van der Waals surface area contributed by atoms with Crippen molar-refractivity contribution in [1.29, 1.82) is 5.26 Å². The number of amidine groups is 1. The molecule has 0 saturated carbocycles. The van der Waals surface area contributed by atoms with Crippen molar-refractivity contribution >= 4 is 16.9 Å². The number of nitrogens with zero attached hydrogens (tertiary/aromatic N) is 3. The van der Waals surface area contributed by atoms with Crippen molar-refractivity contribution < 1.29 is 0 Å². The molecule has 86 valence electrons. The van der Waals surface area contributed by atoms with E-state index in [1.165, 1.54) is 18.2 Å². The Morgan fingerprint density at radius 2 is 2.20 bits per heavy atom. The van der Waals surface area contributed by atoms with Gasteiger partial charge in [0.1, 0.15) is 0 Å². The topological polar surface area (TPSA) is 51.4 Å². The van der Waals surface area contributed by atoms with Gasteiger partial charge in [0.2, 0.25) is 0 Å². The summed E-state index contributed by atoms with van der Waals surface area (Å²) < 4.78 is 0. The maximum Gasteiger partial charge on any atom is 0.183 e. The van der Waals surface area contributed by atoms with E-state index in [0.29, 0.717) is 5.17 Å². The smallest absolute Gasteiger partial charge is 0.183 e. The maximum atomic E-state index is 8.44. The van der Waals surface area contributed by atoms with E-state index in [1.807, 2.05) is 12.4 Å². The van der Waals surface area contributed by atoms with Crippen molar-refractivity contribution in [1.82, 2.24) is 10.2 Å². The molecule has 0 fully saturated rings. The van der Waals surface area contributed by atoms with E-state index >= 15 is 0 Å². The van der Waals surface area contributed by atoms with Crippen LogP contribution >= 0.6 is 11.8 Å². The van der Waals surface area contributed by atoms with E-state index < -0.39 is 0 Å². The van der Waals surface area contributed by atoms with E-state index in [1.54, 1.807) is 0 Å². The summed E-state index contributed by atoms with van der Waals surface area (Å²) in [6, 6.07) is 0. The number of nitriles is 1. The van der Waals surface area contributed by atoms with Gasteiger partial charge in [0.25, 0.3) is 0 Å². The van der Waals surface area contributed by atoms with Crippen molar-refractivity contribution in [2.75, 3.05) is 32.4 Å². The van der Waals surface area contributed by atoms with E-state index in [-0.39, 0.29) is 0 Å². The molecule has 0 aliphatic carbocycles. The summed E-state index contributed by atoms with van der Waals surface area (Å²) in [5.74, 6) is 0. The highest BCUT2D eigenvalue weighted by molar-refractivity contribution is 8.13. The number of hydrogen-bond donors (Lipinski definition) is 1. The van der Waals surface area contributed by atoms with Gasteiger partial charge in [-0.1, -0.05) is 25.6 Å². The summed E-state index contributed by atoms with van der Waals surface area (Å²) in [6.45, 7) is 8.22. The van der Waals surface area contributed by atoms with Crippen LogP contribution in [-0.2, 0) is 0 Å². The third-order valence-corrected chi connectivity index (χ3v) is 2.63. The van der Waals surface area contributed by atoms with Crippen molar-refractivity contribution in [2.45, 2.75) is 20.3 Å². The second-order valence-corrected chi connectivity index (χ2v) is 3.86. The average molecular weight is 228 g/mol. The van der Waals surface area contributed by atoms with E-state index in [0.717, 1.165) is 26.2 Å². The van der Waals surface area contributed by atoms with E-state index in [2.05, 4.69) is 29.1 Å². The Bertz CT molecular complexity index is 222. The van der Waals surface area contributed by atoms with Gasteiger partial charge in [-0.25, -0.2) is 0 Å². The molecule has 0 amide bonds. The Hall–Kier alpha value is -0.730. The highest BCUT2D eigenvalue weighted by Gasteiger charge is 2.00. The molecule has 15 heavy (non-hydrogen) atoms. The molecule has 0 radical (unpaired) electrons. The van der Waals surface area contributed by atoms with Crippen molar-refractivity contribution in [2.24, 2.45) is 4.99 Å². The maximum absolute atomic E-state index is 8.44. The number of aliphatic imine (C=N–C) groups is 1. The summed E-state index contributed by atoms with van der Waals surface area (Å²) in [6.07, 6.45) is 4.96. The van der Waals surface area contributed by atoms with Crippen LogP contribution in [0.5, 0.6) is 0 Å². The Labute approximate surface area is 96.7 Å². The number of rotatable bonds is 6. The molecule has 0 bridgehead atoms. The molecule has 0 unspecified atom stereocenters. The monoisotopic (exact) mass is 228 g/mol. The molecule has 0 atom stereocenters. The second-order valence-electron chi connectivity index (χ2n) is 3.06. The largest absolute Gasteiger partial charge is 0.302 e. The average Bonchev–Trinajstić information content (AvgIpc) is 2.26. The first-order chi connectivity index (χ1) is 7.28. The van der Waals surface area contributed by atoms with Gasteiger partial charge in [0.15, 0.2) is 11.4 Å². The molecule has 0 rings (SSSR count). The zero-order valence-corrected chi connectivity index (χ0v) is 10.6. The van der Waals surface area contributed by atoms with Crippen LogP contribution < -0.4 is 5.32 Å². The van der Waals surface area contributed by atoms with Gasteiger partial charge in [-0.15, -0.1) is 0 Å². The van der Waals surface area contributed by atoms with Crippen LogP contribution in [0.1, 0.15) is 20.3 Å². The number of thioether (sulfide) groups is 1. The Morgan fingerprint density at radius 3 is 2.67 bits per heavy atom. The van der Waals surface area contributed by atoms with Gasteiger partial charge in [-0.3, -0.25) is 10.3 Å². The molecule has 5 heteroatoms. The first-order valence-electron chi connectivity index (χ1n) is 5.24. The van der Waals surface area contributed by atoms with Gasteiger partial charge in [-0.2, -0.15) is 5.26 Å². The van der Waals surface area contributed by atoms with Crippen LogP contribution in [0.2, 0.25) is 0 Å². The lowest BCUT2D eigenvalue weighted by Crippen LogP contribution is -2.27. The molecule has 0 saturated heterocycles. The highest BCUT2D eigenvalue weighted by Crippen LogP contribution is 1.96. The first-order valence-corrected chi connectivity index (χ1v) is 6.46. The molecule has 0 aliphatic rings. The van der Waals surface area contributed by atoms with Gasteiger partial charge in [0.05, 0.1) is 6.54 Å². The summed E-state index contributed by atoms with van der Waals surface area (Å²) in [7, 11) is 0. The number of likely N-dealkylation sites (N-methyl/N-ethyl adjacent to an activating group) is 1. The van der Waals surface area contributed by atoms with Crippen LogP contribution in [0, 0.1) is 11.5 Å². The van der Waals surface area contributed by atoms with Gasteiger partial charge in [0, 0.05) is 6.54 Å². The standard InChI is InChI=1S/C10H20N4S/c1-4-7-14(5-2)8-6-12-10(15-3)13-9-11/h4-8H2,1-3H3,(H,12,13). The molecule has 4 nitrogen and oxygen atoms in total. The van der Waals surface area contributed by atoms with E-state index in [4.69, 9.17) is 5.26 Å². The molecular formula is C10H20N4S. The molecule has 0 aliphatic heterocycles. The zero-order chi connectivity index (χ0) is 11.5. The van der Waals surface area contributed by atoms with E-state index in [9.17, 15) is 0 Å². The first kappa shape index (κ1) is 14.3. The van der Waals surface area contributed by atoms with Crippen LogP contribution in [0.25, 0.3) is 0 Å². The number of hydrogen-bond acceptors (Lipinski definition) is 4. The summed E-state index contributed by atoms with van der Waals surface area (Å²) >= 11 is 1.46. The number of nitrogens with one attached hydrogen (secondary N) is 1. The van der Waals surface area contributed by atoms with Crippen LogP contribution in [0.3, 0.4) is 0 Å². The van der Waals surface area contributed by atoms with Crippen molar-refractivity contribution in [3.05, 3.63) is 0 Å². The lowest BCUT2D eigenvalue weighted by atomic mass is 10.4. The fourth-order valence-corrected chi connectivity index (χ4v) is 1.61. The summed E-state index contributed by atoms with van der Waals surface area (Å²) in [5.41, 5.74) is 0. The Morgan fingerprint density at radius 1 is 1.47 bits per heavy atom. The summed E-state index contributed by atoms with van der Waals surface area (Å²) in [4.78, 5) is 6.66. The Balaban J connectivity index is 3.86. The predicted octanol–water partition coefficient (Wildman–Crippen LogP) is 1.51. The van der Waals surface area contributed by atoms with Crippen LogP contribution in [0.15, 0.2) is 4.99 Å². The molecule has 0 aromatic rings. The lowest BCUT2D eigenvalue weighted by molar-refractivity contribution is 0.297. The normalized spacial score (nSPS) is 11.5. The molecule has 0 aromatic carbocycles. The van der Waals surface area contributed by atoms with Crippen molar-refractivity contribution in [3.8, 4) is 6.19 Å². The minimum atomic E-state index is 0.699. The van der Waals surface area contributed by atoms with Gasteiger partial charge >= 0.3 is 0 Å². The SMILES string of the molecule is CCCN(CC)CCN=C(NC#N)SC. The molecular weight excluding hydrogens is 208 g/mol. The van der Waals surface area contributed by atoms with Crippen LogP contribution in [-0.4, -0.2) is 42.5 Å². The minimum Gasteiger partial charge on any atom is -0.302 e. The summed E-state index contributed by atoms with van der Waals surface area (Å²) in [5, 5.41) is 11.7. The fraction of sp³-hybridized carbons (Fsp3) is 0.800. The zero-order valence-electron chi connectivity index (χ0n) is 9.79. The quantitative estimate of drug-likeness (QED) is 0.324. The molecule has 1 N–H and O–H groups in total. The lowest BCUT2D eigenvalue weighted by Gasteiger charge is -2.17. The van der Waals surface area contributed by atoms with Gasteiger partial charge < -0.3 is 4.90 Å². The Kier molecular flexibility index (Phi) is 9.33. The van der Waals surface area contributed by atoms with Crippen molar-refractivity contribution in [3.63, 3.8) is 0 Å². The third-order valence-electron chi connectivity index (χ3n) is 2.01. The molecule has 0 aromatic heterocycles. The van der Waals surface area contributed by atoms with Gasteiger partial charge in [-0.05, 0) is 25.8 Å². The third kappa shape index (κ3) is 7.23. The fourth-order valence-electron chi connectivity index (χ4n) is 1.24. The van der Waals surface area contributed by atoms with Crippen LogP contribution in [0.4, 0.5) is 0 Å².